The lowest BCUT2D eigenvalue weighted by Crippen LogP contribution is -2.45. The molecule has 31 heavy (non-hydrogen) atoms. The zero-order chi connectivity index (χ0) is 22.4. The van der Waals surface area contributed by atoms with Crippen molar-refractivity contribution in [3.05, 3.63) is 53.4 Å². The third kappa shape index (κ3) is 5.24. The van der Waals surface area contributed by atoms with Crippen LogP contribution < -0.4 is 14.8 Å². The number of amides is 1. The van der Waals surface area contributed by atoms with E-state index in [4.69, 9.17) is 18.6 Å². The molecule has 1 N–H and O–H groups in total. The fourth-order valence-corrected chi connectivity index (χ4v) is 3.73. The summed E-state index contributed by atoms with van der Waals surface area (Å²) in [5.41, 5.74) is 1.38. The molecule has 0 aliphatic carbocycles. The first-order chi connectivity index (χ1) is 14.9. The van der Waals surface area contributed by atoms with Gasteiger partial charge in [-0.2, -0.15) is 0 Å². The first kappa shape index (κ1) is 22.4. The Bertz CT molecular complexity index is 1030. The lowest BCUT2D eigenvalue weighted by Gasteiger charge is -2.20. The van der Waals surface area contributed by atoms with Crippen molar-refractivity contribution in [3.63, 3.8) is 0 Å². The second-order valence-electron chi connectivity index (χ2n) is 6.97. The van der Waals surface area contributed by atoms with Gasteiger partial charge in [-0.1, -0.05) is 19.9 Å². The standard InChI is InChI=1S/C22H24N2O6S/c1-13(2)18(24-20(25)17-9-6-10-29-17)22(26)30-11-14-12-31-21(23-14)15-7-5-8-16(27-3)19(15)28-4/h5-10,12-13,18H,11H2,1-4H3,(H,24,25)/t18-/m0/s1. The molecule has 0 unspecified atom stereocenters. The van der Waals surface area contributed by atoms with Crippen molar-refractivity contribution in [2.45, 2.75) is 26.5 Å². The highest BCUT2D eigenvalue weighted by atomic mass is 32.1. The fraction of sp³-hybridized carbons (Fsp3) is 0.318. The monoisotopic (exact) mass is 444 g/mol. The number of carbonyl (C=O) groups is 2. The Morgan fingerprint density at radius 1 is 1.16 bits per heavy atom. The van der Waals surface area contributed by atoms with Crippen molar-refractivity contribution >= 4 is 23.2 Å². The molecular weight excluding hydrogens is 420 g/mol. The van der Waals surface area contributed by atoms with Crippen molar-refractivity contribution in [1.82, 2.24) is 10.3 Å². The van der Waals surface area contributed by atoms with Gasteiger partial charge in [0.25, 0.3) is 5.91 Å². The summed E-state index contributed by atoms with van der Waals surface area (Å²) in [6.45, 7) is 3.64. The maximum Gasteiger partial charge on any atom is 0.329 e. The minimum atomic E-state index is -0.811. The Kier molecular flexibility index (Phi) is 7.30. The normalized spacial score (nSPS) is 11.8. The second kappa shape index (κ2) is 10.1. The molecule has 8 nitrogen and oxygen atoms in total. The zero-order valence-corrected chi connectivity index (χ0v) is 18.5. The van der Waals surface area contributed by atoms with Crippen molar-refractivity contribution in [1.29, 1.82) is 0 Å². The Morgan fingerprint density at radius 3 is 2.61 bits per heavy atom. The molecule has 0 radical (unpaired) electrons. The molecule has 3 rings (SSSR count). The predicted octanol–water partition coefficient (Wildman–Crippen LogP) is 3.92. The maximum atomic E-state index is 12.6. The molecule has 0 fully saturated rings. The van der Waals surface area contributed by atoms with Crippen LogP contribution in [0.5, 0.6) is 11.5 Å². The van der Waals surface area contributed by atoms with Crippen molar-refractivity contribution < 1.29 is 28.2 Å². The van der Waals surface area contributed by atoms with E-state index in [1.54, 1.807) is 20.3 Å². The van der Waals surface area contributed by atoms with Gasteiger partial charge in [0.2, 0.25) is 0 Å². The van der Waals surface area contributed by atoms with E-state index >= 15 is 0 Å². The molecule has 0 spiro atoms. The summed E-state index contributed by atoms with van der Waals surface area (Å²) >= 11 is 1.41. The van der Waals surface area contributed by atoms with Gasteiger partial charge in [-0.3, -0.25) is 4.79 Å². The quantitative estimate of drug-likeness (QED) is 0.499. The molecule has 2 aromatic heterocycles. The second-order valence-corrected chi connectivity index (χ2v) is 7.82. The van der Waals surface area contributed by atoms with Crippen LogP contribution in [0.2, 0.25) is 0 Å². The van der Waals surface area contributed by atoms with E-state index in [2.05, 4.69) is 10.3 Å². The number of rotatable bonds is 9. The highest BCUT2D eigenvalue weighted by Crippen LogP contribution is 2.39. The van der Waals surface area contributed by atoms with Crippen LogP contribution in [0.1, 0.15) is 30.1 Å². The SMILES string of the molecule is COc1cccc(-c2nc(COC(=O)[C@@H](NC(=O)c3ccco3)C(C)C)cs2)c1OC. The summed E-state index contributed by atoms with van der Waals surface area (Å²) in [7, 11) is 3.14. The Morgan fingerprint density at radius 2 is 1.97 bits per heavy atom. The lowest BCUT2D eigenvalue weighted by atomic mass is 10.0. The van der Waals surface area contributed by atoms with Gasteiger partial charge in [-0.25, -0.2) is 9.78 Å². The van der Waals surface area contributed by atoms with E-state index in [1.807, 2.05) is 37.4 Å². The molecule has 0 aliphatic heterocycles. The van der Waals surface area contributed by atoms with Crippen LogP contribution in [-0.2, 0) is 16.1 Å². The molecule has 2 heterocycles. The number of benzene rings is 1. The predicted molar refractivity (Wildman–Crippen MR) is 115 cm³/mol. The van der Waals surface area contributed by atoms with Gasteiger partial charge in [0, 0.05) is 5.38 Å². The van der Waals surface area contributed by atoms with E-state index in [0.29, 0.717) is 22.2 Å². The van der Waals surface area contributed by atoms with Gasteiger partial charge in [0.05, 0.1) is 31.7 Å². The number of furan rings is 1. The van der Waals surface area contributed by atoms with Gasteiger partial charge < -0.3 is 23.9 Å². The average Bonchev–Trinajstić information content (AvgIpc) is 3.47. The van der Waals surface area contributed by atoms with Crippen molar-refractivity contribution in [2.24, 2.45) is 5.92 Å². The summed E-state index contributed by atoms with van der Waals surface area (Å²) < 4.78 is 21.3. The summed E-state index contributed by atoms with van der Waals surface area (Å²) in [5, 5.41) is 5.19. The third-order valence-electron chi connectivity index (χ3n) is 4.50. The van der Waals surface area contributed by atoms with Gasteiger partial charge in [0.1, 0.15) is 17.7 Å². The van der Waals surface area contributed by atoms with E-state index in [1.165, 1.54) is 23.7 Å². The van der Waals surface area contributed by atoms with Crippen molar-refractivity contribution in [2.75, 3.05) is 14.2 Å². The summed E-state index contributed by atoms with van der Waals surface area (Å²) in [6, 6.07) is 7.87. The summed E-state index contributed by atoms with van der Waals surface area (Å²) in [6.07, 6.45) is 1.40. The maximum absolute atomic E-state index is 12.6. The topological polar surface area (TPSA) is 99.9 Å². The van der Waals surface area contributed by atoms with Crippen LogP contribution in [0, 0.1) is 5.92 Å². The number of ether oxygens (including phenoxy) is 3. The van der Waals surface area contributed by atoms with Crippen LogP contribution >= 0.6 is 11.3 Å². The lowest BCUT2D eigenvalue weighted by molar-refractivity contribution is -0.148. The van der Waals surface area contributed by atoms with Crippen LogP contribution in [-0.4, -0.2) is 37.1 Å². The fourth-order valence-electron chi connectivity index (χ4n) is 2.91. The number of nitrogens with one attached hydrogen (secondary N) is 1. The Balaban J connectivity index is 1.67. The smallest absolute Gasteiger partial charge is 0.329 e. The largest absolute Gasteiger partial charge is 0.493 e. The number of aromatic nitrogens is 1. The first-order valence-corrected chi connectivity index (χ1v) is 10.5. The summed E-state index contributed by atoms with van der Waals surface area (Å²) in [5.74, 6) is 0.150. The Labute approximate surface area is 184 Å². The minimum absolute atomic E-state index is 0.0124. The van der Waals surface area contributed by atoms with Gasteiger partial charge in [-0.05, 0) is 30.2 Å². The number of methoxy groups -OCH3 is 2. The molecule has 164 valence electrons. The number of hydrogen-bond donors (Lipinski definition) is 1. The molecule has 0 aliphatic rings. The number of hydrogen-bond acceptors (Lipinski definition) is 8. The molecule has 1 atom stereocenters. The van der Waals surface area contributed by atoms with Crippen molar-refractivity contribution in [3.8, 4) is 22.1 Å². The number of thiazole rings is 1. The molecular formula is C22H24N2O6S. The zero-order valence-electron chi connectivity index (χ0n) is 17.7. The van der Waals surface area contributed by atoms with E-state index in [-0.39, 0.29) is 18.3 Å². The number of carbonyl (C=O) groups excluding carboxylic acids is 2. The minimum Gasteiger partial charge on any atom is -0.493 e. The molecule has 0 saturated carbocycles. The van der Waals surface area contributed by atoms with Gasteiger partial charge >= 0.3 is 5.97 Å². The molecule has 1 amide bonds. The van der Waals surface area contributed by atoms with E-state index in [9.17, 15) is 9.59 Å². The highest BCUT2D eigenvalue weighted by Gasteiger charge is 2.27. The van der Waals surface area contributed by atoms with Crippen LogP contribution in [0.25, 0.3) is 10.6 Å². The van der Waals surface area contributed by atoms with Crippen LogP contribution in [0.15, 0.2) is 46.4 Å². The van der Waals surface area contributed by atoms with E-state index in [0.717, 1.165) is 5.56 Å². The molecule has 9 heteroatoms. The highest BCUT2D eigenvalue weighted by molar-refractivity contribution is 7.13. The molecule has 3 aromatic rings. The number of nitrogens with zero attached hydrogens (tertiary/aromatic N) is 1. The van der Waals surface area contributed by atoms with Crippen LogP contribution in [0.4, 0.5) is 0 Å². The van der Waals surface area contributed by atoms with Crippen LogP contribution in [0.3, 0.4) is 0 Å². The number of esters is 1. The first-order valence-electron chi connectivity index (χ1n) is 9.61. The van der Waals surface area contributed by atoms with E-state index < -0.39 is 17.9 Å². The Hall–Kier alpha value is -3.33. The molecule has 1 aromatic carbocycles. The third-order valence-corrected chi connectivity index (χ3v) is 5.42. The summed E-state index contributed by atoms with van der Waals surface area (Å²) in [4.78, 5) is 29.4. The average molecular weight is 445 g/mol. The molecule has 0 bridgehead atoms. The molecule has 0 saturated heterocycles. The van der Waals surface area contributed by atoms with Gasteiger partial charge in [0.15, 0.2) is 17.3 Å². The van der Waals surface area contributed by atoms with Gasteiger partial charge in [-0.15, -0.1) is 11.3 Å². The number of para-hydroxylation sites is 1.